The molecule has 2 aromatic rings. The minimum absolute atomic E-state index is 1.02. The molecule has 0 bridgehead atoms. The zero-order valence-corrected chi connectivity index (χ0v) is 8.35. The molecule has 2 rings (SSSR count). The fraction of sp³-hybridized carbons (Fsp3) is 0.222. The molecule has 12 heavy (non-hydrogen) atoms. The highest BCUT2D eigenvalue weighted by atomic mass is 79.9. The highest BCUT2D eigenvalue weighted by Gasteiger charge is 2.02. The predicted octanol–water partition coefficient (Wildman–Crippen LogP) is 2.89. The van der Waals surface area contributed by atoms with Gasteiger partial charge in [0, 0.05) is 16.4 Å². The first kappa shape index (κ1) is 7.80. The first-order valence-electron chi connectivity index (χ1n) is 3.93. The van der Waals surface area contributed by atoms with Crippen molar-refractivity contribution in [1.29, 1.82) is 0 Å². The zero-order valence-electron chi connectivity index (χ0n) is 6.76. The van der Waals surface area contributed by atoms with Gasteiger partial charge in [-0.3, -0.25) is 4.98 Å². The van der Waals surface area contributed by atoms with Crippen LogP contribution >= 0.6 is 15.9 Å². The summed E-state index contributed by atoms with van der Waals surface area (Å²) in [6.45, 7) is 2.12. The lowest BCUT2D eigenvalue weighted by molar-refractivity contribution is 1.07. The SMILES string of the molecule is CCc1cc2nccc(Br)c2[nH]1. The molecule has 62 valence electrons. The van der Waals surface area contributed by atoms with Crippen LogP contribution in [0, 0.1) is 0 Å². The molecule has 0 saturated heterocycles. The van der Waals surface area contributed by atoms with Gasteiger partial charge in [0.2, 0.25) is 0 Å². The van der Waals surface area contributed by atoms with E-state index in [1.807, 2.05) is 6.07 Å². The Morgan fingerprint density at radius 3 is 3.08 bits per heavy atom. The number of H-pyrrole nitrogens is 1. The number of nitrogens with zero attached hydrogens (tertiary/aromatic N) is 1. The van der Waals surface area contributed by atoms with Gasteiger partial charge in [-0.05, 0) is 34.5 Å². The quantitative estimate of drug-likeness (QED) is 0.794. The number of hydrogen-bond acceptors (Lipinski definition) is 1. The largest absolute Gasteiger partial charge is 0.356 e. The van der Waals surface area contributed by atoms with E-state index in [1.165, 1.54) is 5.69 Å². The van der Waals surface area contributed by atoms with E-state index in [0.29, 0.717) is 0 Å². The van der Waals surface area contributed by atoms with E-state index in [4.69, 9.17) is 0 Å². The van der Waals surface area contributed by atoms with Crippen LogP contribution in [-0.2, 0) is 6.42 Å². The number of nitrogens with one attached hydrogen (secondary N) is 1. The molecule has 0 fully saturated rings. The summed E-state index contributed by atoms with van der Waals surface area (Å²) in [6.07, 6.45) is 2.82. The average molecular weight is 225 g/mol. The van der Waals surface area contributed by atoms with Crippen molar-refractivity contribution in [2.24, 2.45) is 0 Å². The van der Waals surface area contributed by atoms with Crippen LogP contribution in [0.5, 0.6) is 0 Å². The summed E-state index contributed by atoms with van der Waals surface area (Å²) in [6, 6.07) is 4.03. The first-order valence-corrected chi connectivity index (χ1v) is 4.72. The van der Waals surface area contributed by atoms with Gasteiger partial charge in [-0.25, -0.2) is 0 Å². The molecule has 2 heterocycles. The Labute approximate surface area is 79.1 Å². The molecule has 0 spiro atoms. The molecule has 0 aliphatic rings. The summed E-state index contributed by atoms with van der Waals surface area (Å²) in [5, 5.41) is 0. The van der Waals surface area contributed by atoms with Gasteiger partial charge in [0.1, 0.15) is 0 Å². The minimum Gasteiger partial charge on any atom is -0.356 e. The highest BCUT2D eigenvalue weighted by molar-refractivity contribution is 9.10. The Morgan fingerprint density at radius 2 is 2.42 bits per heavy atom. The van der Waals surface area contributed by atoms with Crippen molar-refractivity contribution in [2.45, 2.75) is 13.3 Å². The van der Waals surface area contributed by atoms with Crippen molar-refractivity contribution >= 4 is 27.0 Å². The molecule has 0 radical (unpaired) electrons. The number of pyridine rings is 1. The van der Waals surface area contributed by atoms with Crippen LogP contribution in [0.25, 0.3) is 11.0 Å². The van der Waals surface area contributed by atoms with Crippen molar-refractivity contribution in [1.82, 2.24) is 9.97 Å². The molecule has 2 aromatic heterocycles. The number of rotatable bonds is 1. The van der Waals surface area contributed by atoms with E-state index in [9.17, 15) is 0 Å². The maximum absolute atomic E-state index is 4.25. The summed E-state index contributed by atoms with van der Waals surface area (Å²) in [7, 11) is 0. The van der Waals surface area contributed by atoms with E-state index in [0.717, 1.165) is 21.9 Å². The standard InChI is InChI=1S/C9H9BrN2/c1-2-6-5-8-9(12-6)7(10)3-4-11-8/h3-5,12H,2H2,1H3. The molecule has 1 N–H and O–H groups in total. The third-order valence-corrected chi connectivity index (χ3v) is 2.57. The molecule has 3 heteroatoms. The van der Waals surface area contributed by atoms with Gasteiger partial charge in [-0.2, -0.15) is 0 Å². The van der Waals surface area contributed by atoms with Gasteiger partial charge in [-0.1, -0.05) is 6.92 Å². The molecule has 0 atom stereocenters. The van der Waals surface area contributed by atoms with Gasteiger partial charge < -0.3 is 4.98 Å². The van der Waals surface area contributed by atoms with Crippen LogP contribution in [0.3, 0.4) is 0 Å². The minimum atomic E-state index is 1.02. The van der Waals surface area contributed by atoms with Gasteiger partial charge in [0.15, 0.2) is 0 Å². The maximum atomic E-state index is 4.25. The number of aryl methyl sites for hydroxylation is 1. The summed E-state index contributed by atoms with van der Waals surface area (Å²) in [5.41, 5.74) is 3.35. The van der Waals surface area contributed by atoms with Crippen molar-refractivity contribution in [3.05, 3.63) is 28.5 Å². The summed E-state index contributed by atoms with van der Waals surface area (Å²) in [4.78, 5) is 7.55. The Morgan fingerprint density at radius 1 is 1.58 bits per heavy atom. The lowest BCUT2D eigenvalue weighted by Gasteiger charge is -1.90. The Balaban J connectivity index is 2.74. The molecule has 0 saturated carbocycles. The molecule has 0 aliphatic heterocycles. The van der Waals surface area contributed by atoms with Gasteiger partial charge >= 0.3 is 0 Å². The zero-order chi connectivity index (χ0) is 8.55. The van der Waals surface area contributed by atoms with E-state index in [-0.39, 0.29) is 0 Å². The third kappa shape index (κ3) is 1.14. The van der Waals surface area contributed by atoms with Crippen LogP contribution in [-0.4, -0.2) is 9.97 Å². The molecule has 0 amide bonds. The van der Waals surface area contributed by atoms with Crippen molar-refractivity contribution in [3.8, 4) is 0 Å². The number of aromatic nitrogens is 2. The van der Waals surface area contributed by atoms with Gasteiger partial charge in [0.25, 0.3) is 0 Å². The summed E-state index contributed by atoms with van der Waals surface area (Å²) < 4.78 is 1.08. The van der Waals surface area contributed by atoms with Crippen molar-refractivity contribution in [3.63, 3.8) is 0 Å². The normalized spacial score (nSPS) is 10.8. The van der Waals surface area contributed by atoms with Crippen LogP contribution < -0.4 is 0 Å². The molecular weight excluding hydrogens is 216 g/mol. The van der Waals surface area contributed by atoms with E-state index in [1.54, 1.807) is 6.20 Å². The molecule has 0 unspecified atom stereocenters. The summed E-state index contributed by atoms with van der Waals surface area (Å²) in [5.74, 6) is 0. The molecule has 2 nitrogen and oxygen atoms in total. The highest BCUT2D eigenvalue weighted by Crippen LogP contribution is 2.21. The number of aromatic amines is 1. The fourth-order valence-corrected chi connectivity index (χ4v) is 1.66. The van der Waals surface area contributed by atoms with E-state index < -0.39 is 0 Å². The smallest absolute Gasteiger partial charge is 0.0893 e. The second-order valence-corrected chi connectivity index (χ2v) is 3.56. The van der Waals surface area contributed by atoms with E-state index >= 15 is 0 Å². The van der Waals surface area contributed by atoms with Crippen LogP contribution in [0.4, 0.5) is 0 Å². The second-order valence-electron chi connectivity index (χ2n) is 2.70. The lowest BCUT2D eigenvalue weighted by Crippen LogP contribution is -1.76. The Hall–Kier alpha value is -0.830. The number of hydrogen-bond donors (Lipinski definition) is 1. The molecule has 0 aromatic carbocycles. The van der Waals surface area contributed by atoms with Crippen LogP contribution in [0.15, 0.2) is 22.8 Å². The lowest BCUT2D eigenvalue weighted by atomic mass is 10.3. The fourth-order valence-electron chi connectivity index (χ4n) is 1.24. The maximum Gasteiger partial charge on any atom is 0.0893 e. The topological polar surface area (TPSA) is 28.7 Å². The Kier molecular flexibility index (Phi) is 1.89. The monoisotopic (exact) mass is 224 g/mol. The summed E-state index contributed by atoms with van der Waals surface area (Å²) >= 11 is 3.47. The van der Waals surface area contributed by atoms with Crippen molar-refractivity contribution in [2.75, 3.05) is 0 Å². The predicted molar refractivity (Wildman–Crippen MR) is 53.2 cm³/mol. The first-order chi connectivity index (χ1) is 5.81. The average Bonchev–Trinajstić information content (AvgIpc) is 2.49. The van der Waals surface area contributed by atoms with Crippen LogP contribution in [0.1, 0.15) is 12.6 Å². The second kappa shape index (κ2) is 2.90. The third-order valence-electron chi connectivity index (χ3n) is 1.91. The van der Waals surface area contributed by atoms with E-state index in [2.05, 4.69) is 38.9 Å². The molecular formula is C9H9BrN2. The number of halogens is 1. The van der Waals surface area contributed by atoms with Gasteiger partial charge in [0.05, 0.1) is 11.0 Å². The molecule has 0 aliphatic carbocycles. The van der Waals surface area contributed by atoms with Gasteiger partial charge in [-0.15, -0.1) is 0 Å². The Bertz CT molecular complexity index is 406. The van der Waals surface area contributed by atoms with Crippen LogP contribution in [0.2, 0.25) is 0 Å². The number of fused-ring (bicyclic) bond motifs is 1. The van der Waals surface area contributed by atoms with Crippen molar-refractivity contribution < 1.29 is 0 Å².